The van der Waals surface area contributed by atoms with Crippen LogP contribution in [0.2, 0.25) is 0 Å². The number of para-hydroxylation sites is 2. The molecule has 1 heterocycles. The van der Waals surface area contributed by atoms with Crippen molar-refractivity contribution < 1.29 is 5.11 Å². The lowest BCUT2D eigenvalue weighted by Crippen LogP contribution is -2.38. The highest BCUT2D eigenvalue weighted by Gasteiger charge is 2.20. The third-order valence-corrected chi connectivity index (χ3v) is 3.74. The molecule has 0 aliphatic heterocycles. The van der Waals surface area contributed by atoms with E-state index in [4.69, 9.17) is 4.98 Å². The Labute approximate surface area is 114 Å². The molecule has 0 bridgehead atoms. The van der Waals surface area contributed by atoms with Gasteiger partial charge in [-0.15, -0.1) is 0 Å². The predicted octanol–water partition coefficient (Wildman–Crippen LogP) is 2.56. The Morgan fingerprint density at radius 3 is 2.53 bits per heavy atom. The maximum Gasteiger partial charge on any atom is 0.206 e. The van der Waals surface area contributed by atoms with Crippen molar-refractivity contribution in [2.75, 3.05) is 18.1 Å². The van der Waals surface area contributed by atoms with Crippen LogP contribution in [-0.2, 0) is 7.05 Å². The topological polar surface area (TPSA) is 41.3 Å². The third kappa shape index (κ3) is 2.59. The number of rotatable bonds is 6. The number of benzene rings is 1. The van der Waals surface area contributed by atoms with Crippen LogP contribution >= 0.6 is 0 Å². The second kappa shape index (κ2) is 6.06. The molecule has 1 aromatic carbocycles. The van der Waals surface area contributed by atoms with Crippen LogP contribution in [0.25, 0.3) is 11.0 Å². The standard InChI is InChI=1S/C15H23N3O/c1-4-12(5-2)18(10-11-19)15-16-13-8-6-7-9-14(13)17(15)3/h6-9,12,19H,4-5,10-11H2,1-3H3. The first kappa shape index (κ1) is 13.9. The van der Waals surface area contributed by atoms with E-state index in [0.29, 0.717) is 12.6 Å². The van der Waals surface area contributed by atoms with Crippen molar-refractivity contribution in [3.8, 4) is 0 Å². The number of hydrogen-bond acceptors (Lipinski definition) is 3. The first-order valence-corrected chi connectivity index (χ1v) is 7.01. The molecule has 0 amide bonds. The molecule has 0 aliphatic rings. The molecule has 4 heteroatoms. The van der Waals surface area contributed by atoms with Crippen molar-refractivity contribution in [3.05, 3.63) is 24.3 Å². The van der Waals surface area contributed by atoms with E-state index in [1.807, 2.05) is 25.2 Å². The molecule has 104 valence electrons. The first-order chi connectivity index (χ1) is 9.22. The molecule has 19 heavy (non-hydrogen) atoms. The van der Waals surface area contributed by atoms with Gasteiger partial charge < -0.3 is 14.6 Å². The lowest BCUT2D eigenvalue weighted by Gasteiger charge is -2.30. The molecule has 1 N–H and O–H groups in total. The minimum Gasteiger partial charge on any atom is -0.395 e. The molecule has 0 saturated heterocycles. The van der Waals surface area contributed by atoms with Crippen molar-refractivity contribution in [1.82, 2.24) is 9.55 Å². The van der Waals surface area contributed by atoms with E-state index in [2.05, 4.69) is 29.4 Å². The summed E-state index contributed by atoms with van der Waals surface area (Å²) < 4.78 is 2.11. The van der Waals surface area contributed by atoms with Gasteiger partial charge >= 0.3 is 0 Å². The third-order valence-electron chi connectivity index (χ3n) is 3.74. The van der Waals surface area contributed by atoms with Crippen LogP contribution in [-0.4, -0.2) is 33.9 Å². The van der Waals surface area contributed by atoms with Crippen molar-refractivity contribution in [2.45, 2.75) is 32.7 Å². The molecule has 0 aliphatic carbocycles. The number of anilines is 1. The molecule has 0 radical (unpaired) electrons. The number of aliphatic hydroxyl groups is 1. The van der Waals surface area contributed by atoms with Crippen molar-refractivity contribution >= 4 is 17.0 Å². The minimum atomic E-state index is 0.152. The SMILES string of the molecule is CCC(CC)N(CCO)c1nc2ccccc2n1C. The van der Waals surface area contributed by atoms with Gasteiger partial charge in [-0.1, -0.05) is 26.0 Å². The molecule has 1 aromatic heterocycles. The van der Waals surface area contributed by atoms with Gasteiger partial charge in [0, 0.05) is 19.6 Å². The van der Waals surface area contributed by atoms with E-state index in [9.17, 15) is 5.11 Å². The normalized spacial score (nSPS) is 11.4. The van der Waals surface area contributed by atoms with Gasteiger partial charge in [0.2, 0.25) is 5.95 Å². The number of nitrogens with zero attached hydrogens (tertiary/aromatic N) is 3. The van der Waals surface area contributed by atoms with Gasteiger partial charge in [-0.2, -0.15) is 0 Å². The van der Waals surface area contributed by atoms with Crippen LogP contribution in [0.3, 0.4) is 0 Å². The highest BCUT2D eigenvalue weighted by atomic mass is 16.3. The summed E-state index contributed by atoms with van der Waals surface area (Å²) in [6.45, 7) is 5.14. The Balaban J connectivity index is 2.46. The summed E-state index contributed by atoms with van der Waals surface area (Å²) in [6, 6.07) is 8.56. The Kier molecular flexibility index (Phi) is 4.43. The summed E-state index contributed by atoms with van der Waals surface area (Å²) in [7, 11) is 2.04. The van der Waals surface area contributed by atoms with Crippen LogP contribution in [0.1, 0.15) is 26.7 Å². The van der Waals surface area contributed by atoms with Crippen LogP contribution in [0, 0.1) is 0 Å². The second-order valence-corrected chi connectivity index (χ2v) is 4.85. The van der Waals surface area contributed by atoms with Gasteiger partial charge in [0.1, 0.15) is 0 Å². The summed E-state index contributed by atoms with van der Waals surface area (Å²) in [5, 5.41) is 9.32. The Morgan fingerprint density at radius 1 is 1.26 bits per heavy atom. The molecule has 4 nitrogen and oxygen atoms in total. The second-order valence-electron chi connectivity index (χ2n) is 4.85. The summed E-state index contributed by atoms with van der Waals surface area (Å²) >= 11 is 0. The minimum absolute atomic E-state index is 0.152. The molecule has 2 aromatic rings. The smallest absolute Gasteiger partial charge is 0.206 e. The fraction of sp³-hybridized carbons (Fsp3) is 0.533. The average Bonchev–Trinajstić information content (AvgIpc) is 2.77. The van der Waals surface area contributed by atoms with E-state index in [-0.39, 0.29) is 6.61 Å². The molecule has 0 unspecified atom stereocenters. The summed E-state index contributed by atoms with van der Waals surface area (Å²) in [5.74, 6) is 0.948. The number of aryl methyl sites for hydroxylation is 1. The monoisotopic (exact) mass is 261 g/mol. The van der Waals surface area contributed by atoms with Gasteiger partial charge in [0.05, 0.1) is 17.6 Å². The largest absolute Gasteiger partial charge is 0.395 e. The number of imidazole rings is 1. The van der Waals surface area contributed by atoms with Crippen LogP contribution in [0.15, 0.2) is 24.3 Å². The molecular weight excluding hydrogens is 238 g/mol. The predicted molar refractivity (Wildman–Crippen MR) is 79.5 cm³/mol. The maximum atomic E-state index is 9.32. The molecule has 0 fully saturated rings. The Bertz CT molecular complexity index is 531. The highest BCUT2D eigenvalue weighted by Crippen LogP contribution is 2.24. The van der Waals surface area contributed by atoms with Crippen LogP contribution < -0.4 is 4.90 Å². The summed E-state index contributed by atoms with van der Waals surface area (Å²) in [6.07, 6.45) is 2.11. The maximum absolute atomic E-state index is 9.32. The van der Waals surface area contributed by atoms with Gasteiger partial charge in [0.25, 0.3) is 0 Å². The quantitative estimate of drug-likeness (QED) is 0.869. The zero-order chi connectivity index (χ0) is 13.8. The average molecular weight is 261 g/mol. The van der Waals surface area contributed by atoms with E-state index < -0.39 is 0 Å². The van der Waals surface area contributed by atoms with Crippen molar-refractivity contribution in [3.63, 3.8) is 0 Å². The number of fused-ring (bicyclic) bond motifs is 1. The fourth-order valence-corrected chi connectivity index (χ4v) is 2.67. The summed E-state index contributed by atoms with van der Waals surface area (Å²) in [4.78, 5) is 6.95. The van der Waals surface area contributed by atoms with Gasteiger partial charge in [-0.3, -0.25) is 0 Å². The Morgan fingerprint density at radius 2 is 1.95 bits per heavy atom. The van der Waals surface area contributed by atoms with E-state index in [1.165, 1.54) is 0 Å². The van der Waals surface area contributed by atoms with Crippen molar-refractivity contribution in [2.24, 2.45) is 7.05 Å². The van der Waals surface area contributed by atoms with E-state index in [0.717, 1.165) is 29.8 Å². The van der Waals surface area contributed by atoms with Crippen LogP contribution in [0.5, 0.6) is 0 Å². The summed E-state index contributed by atoms with van der Waals surface area (Å²) in [5.41, 5.74) is 2.14. The van der Waals surface area contributed by atoms with Crippen LogP contribution in [0.4, 0.5) is 5.95 Å². The molecule has 0 saturated carbocycles. The van der Waals surface area contributed by atoms with E-state index in [1.54, 1.807) is 0 Å². The molecular formula is C15H23N3O. The Hall–Kier alpha value is -1.55. The lowest BCUT2D eigenvalue weighted by molar-refractivity contribution is 0.294. The van der Waals surface area contributed by atoms with Gasteiger partial charge in [-0.05, 0) is 25.0 Å². The molecule has 0 atom stereocenters. The number of hydrogen-bond donors (Lipinski definition) is 1. The zero-order valence-corrected chi connectivity index (χ0v) is 12.0. The number of aliphatic hydroxyl groups excluding tert-OH is 1. The lowest BCUT2D eigenvalue weighted by atomic mass is 10.1. The van der Waals surface area contributed by atoms with Crippen molar-refractivity contribution in [1.29, 1.82) is 0 Å². The van der Waals surface area contributed by atoms with Gasteiger partial charge in [0.15, 0.2) is 0 Å². The van der Waals surface area contributed by atoms with E-state index >= 15 is 0 Å². The molecule has 0 spiro atoms. The van der Waals surface area contributed by atoms with Gasteiger partial charge in [-0.25, -0.2) is 4.98 Å². The molecule has 2 rings (SSSR count). The zero-order valence-electron chi connectivity index (χ0n) is 12.0. The number of aromatic nitrogens is 2. The first-order valence-electron chi connectivity index (χ1n) is 7.01. The highest BCUT2D eigenvalue weighted by molar-refractivity contribution is 5.78. The fourth-order valence-electron chi connectivity index (χ4n) is 2.67.